The van der Waals surface area contributed by atoms with Gasteiger partial charge in [-0.05, 0) is 36.2 Å². The number of hydrogen-bond acceptors (Lipinski definition) is 5. The van der Waals surface area contributed by atoms with Crippen LogP contribution in [0.4, 0.5) is 5.69 Å². The summed E-state index contributed by atoms with van der Waals surface area (Å²) in [4.78, 5) is 7.23. The number of anilines is 1. The van der Waals surface area contributed by atoms with Gasteiger partial charge in [-0.25, -0.2) is 4.98 Å². The lowest BCUT2D eigenvalue weighted by molar-refractivity contribution is 0.355. The Bertz CT molecular complexity index is 891. The van der Waals surface area contributed by atoms with Crippen LogP contribution in [0.25, 0.3) is 10.6 Å². The van der Waals surface area contributed by atoms with Crippen LogP contribution in [0.3, 0.4) is 0 Å². The molecule has 0 radical (unpaired) electrons. The quantitative estimate of drug-likeness (QED) is 0.682. The molecule has 0 amide bonds. The fraction of sp³-hybridized carbons (Fsp3) is 0.250. The van der Waals surface area contributed by atoms with Crippen LogP contribution in [0.2, 0.25) is 0 Å². The van der Waals surface area contributed by atoms with Crippen LogP contribution in [0.5, 0.6) is 11.5 Å². The van der Waals surface area contributed by atoms with E-state index in [1.165, 1.54) is 11.3 Å². The molecule has 1 aliphatic rings. The molecule has 0 atom stereocenters. The highest BCUT2D eigenvalue weighted by atomic mass is 32.1. The lowest BCUT2D eigenvalue weighted by Gasteiger charge is -2.17. The molecule has 128 valence electrons. The predicted octanol–water partition coefficient (Wildman–Crippen LogP) is 4.39. The average Bonchev–Trinajstić information content (AvgIpc) is 3.29. The summed E-state index contributed by atoms with van der Waals surface area (Å²) in [5.74, 6) is 1.46. The first-order chi connectivity index (χ1) is 12.3. The summed E-state index contributed by atoms with van der Waals surface area (Å²) >= 11 is 1.67. The Hall–Kier alpha value is -2.53. The molecule has 4 rings (SSSR count). The number of benzene rings is 2. The van der Waals surface area contributed by atoms with E-state index in [4.69, 9.17) is 14.5 Å². The van der Waals surface area contributed by atoms with Crippen molar-refractivity contribution in [2.75, 3.05) is 25.7 Å². The summed E-state index contributed by atoms with van der Waals surface area (Å²) < 4.78 is 10.7. The molecule has 0 saturated heterocycles. The van der Waals surface area contributed by atoms with E-state index < -0.39 is 0 Å². The van der Waals surface area contributed by atoms with E-state index in [1.807, 2.05) is 18.2 Å². The third-order valence-corrected chi connectivity index (χ3v) is 5.46. The number of aromatic nitrogens is 1. The third-order valence-electron chi connectivity index (χ3n) is 4.52. The Balaban J connectivity index is 1.55. The average molecular weight is 352 g/mol. The summed E-state index contributed by atoms with van der Waals surface area (Å²) in [5.41, 5.74) is 4.92. The monoisotopic (exact) mass is 352 g/mol. The van der Waals surface area contributed by atoms with Gasteiger partial charge in [0.2, 0.25) is 0 Å². The van der Waals surface area contributed by atoms with Gasteiger partial charge in [0.25, 0.3) is 0 Å². The van der Waals surface area contributed by atoms with Crippen LogP contribution < -0.4 is 14.4 Å². The molecule has 2 aromatic carbocycles. The number of methoxy groups -OCH3 is 2. The maximum Gasteiger partial charge on any atom is 0.161 e. The van der Waals surface area contributed by atoms with Crippen molar-refractivity contribution >= 4 is 17.0 Å². The van der Waals surface area contributed by atoms with Gasteiger partial charge < -0.3 is 14.4 Å². The van der Waals surface area contributed by atoms with Crippen molar-refractivity contribution in [3.8, 4) is 22.1 Å². The highest BCUT2D eigenvalue weighted by molar-refractivity contribution is 7.13. The van der Waals surface area contributed by atoms with Crippen LogP contribution in [-0.4, -0.2) is 25.7 Å². The Morgan fingerprint density at radius 3 is 2.76 bits per heavy atom. The van der Waals surface area contributed by atoms with Gasteiger partial charge in [0, 0.05) is 23.2 Å². The van der Waals surface area contributed by atoms with Gasteiger partial charge in [-0.15, -0.1) is 11.3 Å². The van der Waals surface area contributed by atoms with Crippen LogP contribution in [0.15, 0.2) is 47.8 Å². The Morgan fingerprint density at radius 1 is 1.08 bits per heavy atom. The first kappa shape index (κ1) is 16.0. The fourth-order valence-electron chi connectivity index (χ4n) is 3.25. The molecular weight excluding hydrogens is 332 g/mol. The zero-order chi connectivity index (χ0) is 17.2. The highest BCUT2D eigenvalue weighted by Crippen LogP contribution is 2.34. The second kappa shape index (κ2) is 6.76. The molecule has 0 unspecified atom stereocenters. The molecule has 0 N–H and O–H groups in total. The second-order valence-corrected chi connectivity index (χ2v) is 6.87. The fourth-order valence-corrected chi connectivity index (χ4v) is 4.06. The van der Waals surface area contributed by atoms with E-state index in [2.05, 4.69) is 34.5 Å². The van der Waals surface area contributed by atoms with Crippen molar-refractivity contribution in [3.05, 3.63) is 59.1 Å². The van der Waals surface area contributed by atoms with Gasteiger partial charge >= 0.3 is 0 Å². The van der Waals surface area contributed by atoms with Gasteiger partial charge in [-0.3, -0.25) is 0 Å². The number of rotatable bonds is 5. The maximum absolute atomic E-state index is 5.40. The third kappa shape index (κ3) is 3.07. The molecule has 25 heavy (non-hydrogen) atoms. The van der Waals surface area contributed by atoms with Gasteiger partial charge in [-0.2, -0.15) is 0 Å². The number of nitrogens with zero attached hydrogens (tertiary/aromatic N) is 2. The Morgan fingerprint density at radius 2 is 1.92 bits per heavy atom. The van der Waals surface area contributed by atoms with E-state index in [0.717, 1.165) is 47.3 Å². The molecule has 0 saturated carbocycles. The second-order valence-electron chi connectivity index (χ2n) is 6.01. The van der Waals surface area contributed by atoms with Crippen LogP contribution in [0, 0.1) is 0 Å². The number of ether oxygens (including phenoxy) is 2. The summed E-state index contributed by atoms with van der Waals surface area (Å²) in [5, 5.41) is 3.15. The van der Waals surface area contributed by atoms with E-state index >= 15 is 0 Å². The van der Waals surface area contributed by atoms with Crippen LogP contribution >= 0.6 is 11.3 Å². The van der Waals surface area contributed by atoms with E-state index in [9.17, 15) is 0 Å². The number of para-hydroxylation sites is 1. The minimum atomic E-state index is 0.727. The highest BCUT2D eigenvalue weighted by Gasteiger charge is 2.19. The van der Waals surface area contributed by atoms with E-state index in [0.29, 0.717) is 0 Å². The van der Waals surface area contributed by atoms with E-state index in [1.54, 1.807) is 25.6 Å². The SMILES string of the molecule is COc1ccc(-c2nc(CN3CCc4ccccc43)cs2)cc1OC. The predicted molar refractivity (Wildman–Crippen MR) is 102 cm³/mol. The zero-order valence-corrected chi connectivity index (χ0v) is 15.2. The summed E-state index contributed by atoms with van der Waals surface area (Å²) in [6.07, 6.45) is 1.11. The van der Waals surface area contributed by atoms with Crippen molar-refractivity contribution in [2.45, 2.75) is 13.0 Å². The van der Waals surface area contributed by atoms with E-state index in [-0.39, 0.29) is 0 Å². The summed E-state index contributed by atoms with van der Waals surface area (Å²) in [6.45, 7) is 1.91. The van der Waals surface area contributed by atoms with Gasteiger partial charge in [-0.1, -0.05) is 18.2 Å². The van der Waals surface area contributed by atoms with Crippen LogP contribution in [-0.2, 0) is 13.0 Å². The van der Waals surface area contributed by atoms with Crippen molar-refractivity contribution < 1.29 is 9.47 Å². The largest absolute Gasteiger partial charge is 0.493 e. The van der Waals surface area contributed by atoms with Crippen molar-refractivity contribution in [2.24, 2.45) is 0 Å². The molecule has 0 aliphatic carbocycles. The van der Waals surface area contributed by atoms with Crippen LogP contribution in [0.1, 0.15) is 11.3 Å². The zero-order valence-electron chi connectivity index (χ0n) is 14.4. The van der Waals surface area contributed by atoms with Gasteiger partial charge in [0.05, 0.1) is 26.5 Å². The first-order valence-corrected chi connectivity index (χ1v) is 9.16. The minimum absolute atomic E-state index is 0.727. The molecule has 4 nitrogen and oxygen atoms in total. The molecule has 1 aromatic heterocycles. The lowest BCUT2D eigenvalue weighted by atomic mass is 10.2. The Kier molecular flexibility index (Phi) is 4.32. The van der Waals surface area contributed by atoms with Gasteiger partial charge in [0.15, 0.2) is 11.5 Å². The summed E-state index contributed by atoms with van der Waals surface area (Å²) in [6, 6.07) is 14.6. The molecule has 3 aromatic rings. The first-order valence-electron chi connectivity index (χ1n) is 8.28. The molecular formula is C20H20N2O2S. The molecule has 0 spiro atoms. The summed E-state index contributed by atoms with van der Waals surface area (Å²) in [7, 11) is 3.30. The number of fused-ring (bicyclic) bond motifs is 1. The minimum Gasteiger partial charge on any atom is -0.493 e. The van der Waals surface area contributed by atoms with Crippen molar-refractivity contribution in [3.63, 3.8) is 0 Å². The molecule has 5 heteroatoms. The molecule has 0 fully saturated rings. The Labute approximate surface area is 151 Å². The lowest BCUT2D eigenvalue weighted by Crippen LogP contribution is -2.19. The topological polar surface area (TPSA) is 34.6 Å². The van der Waals surface area contributed by atoms with Crippen molar-refractivity contribution in [1.29, 1.82) is 0 Å². The maximum atomic E-state index is 5.40. The normalized spacial score (nSPS) is 13.0. The number of hydrogen-bond donors (Lipinski definition) is 0. The standard InChI is InChI=1S/C20H20N2O2S/c1-23-18-8-7-15(11-19(18)24-2)20-21-16(13-25-20)12-22-10-9-14-5-3-4-6-17(14)22/h3-8,11,13H,9-10,12H2,1-2H3. The van der Waals surface area contributed by atoms with Crippen molar-refractivity contribution in [1.82, 2.24) is 4.98 Å². The van der Waals surface area contributed by atoms with Gasteiger partial charge in [0.1, 0.15) is 5.01 Å². The smallest absolute Gasteiger partial charge is 0.161 e. The number of thiazole rings is 1. The molecule has 2 heterocycles. The molecule has 0 bridgehead atoms. The molecule has 1 aliphatic heterocycles.